The maximum Gasteiger partial charge on any atom is 0.227 e. The Labute approximate surface area is 205 Å². The number of fused-ring (bicyclic) bond motifs is 1. The van der Waals surface area contributed by atoms with Gasteiger partial charge in [0.2, 0.25) is 11.1 Å². The third-order valence-electron chi connectivity index (χ3n) is 5.83. The fraction of sp³-hybridized carbons (Fsp3) is 0.292. The summed E-state index contributed by atoms with van der Waals surface area (Å²) in [6.07, 6.45) is 1.16. The number of carbonyl (C=O) groups excluding carboxylic acids is 1. The molecule has 1 N–H and O–H groups in total. The van der Waals surface area contributed by atoms with Gasteiger partial charge in [0.25, 0.3) is 0 Å². The van der Waals surface area contributed by atoms with E-state index >= 15 is 0 Å². The van der Waals surface area contributed by atoms with Crippen molar-refractivity contribution in [1.82, 2.24) is 14.8 Å². The second-order valence-corrected chi connectivity index (χ2v) is 10.9. The number of allylic oxidation sites excluding steroid dienone is 2. The number of carbonyl (C=O) groups is 1. The van der Waals surface area contributed by atoms with Crippen LogP contribution >= 0.6 is 35.0 Å². The lowest BCUT2D eigenvalue weighted by molar-refractivity contribution is -0.118. The molecule has 33 heavy (non-hydrogen) atoms. The standard InChI is InChI=1S/C24H21Cl2FN4OS/c1-24(2)10-18-20(19(32)11-24)21(16-7-6-14(25)9-17(16)26)31-22(28-18)29-23(30-31)33-12-13-4-3-5-15(27)8-13/h3-9,21H,10-12H2,1-2H3,(H,28,29,30). The van der Waals surface area contributed by atoms with Gasteiger partial charge in [0, 0.05) is 39.1 Å². The maximum absolute atomic E-state index is 13.5. The number of nitrogens with one attached hydrogen (secondary N) is 1. The summed E-state index contributed by atoms with van der Waals surface area (Å²) < 4.78 is 15.3. The van der Waals surface area contributed by atoms with Crippen LogP contribution in [0.1, 0.15) is 43.9 Å². The van der Waals surface area contributed by atoms with E-state index in [9.17, 15) is 9.18 Å². The predicted molar refractivity (Wildman–Crippen MR) is 129 cm³/mol. The quantitative estimate of drug-likeness (QED) is 0.403. The molecule has 3 aromatic rings. The molecule has 5 rings (SSSR count). The number of hydrogen-bond donors (Lipinski definition) is 1. The normalized spacial score (nSPS) is 19.2. The van der Waals surface area contributed by atoms with Crippen molar-refractivity contribution < 1.29 is 9.18 Å². The molecule has 1 aromatic heterocycles. The molecular formula is C24H21Cl2FN4OS. The van der Waals surface area contributed by atoms with Gasteiger partial charge in [-0.15, -0.1) is 5.10 Å². The number of ketones is 1. The van der Waals surface area contributed by atoms with Crippen LogP contribution < -0.4 is 5.32 Å². The molecule has 0 fully saturated rings. The number of thioether (sulfide) groups is 1. The molecule has 0 radical (unpaired) electrons. The van der Waals surface area contributed by atoms with Gasteiger partial charge in [-0.3, -0.25) is 4.79 Å². The number of rotatable bonds is 4. The van der Waals surface area contributed by atoms with Gasteiger partial charge in [-0.25, -0.2) is 9.07 Å². The van der Waals surface area contributed by atoms with E-state index in [4.69, 9.17) is 28.3 Å². The minimum atomic E-state index is -0.499. The van der Waals surface area contributed by atoms with Crippen LogP contribution in [-0.4, -0.2) is 20.5 Å². The molecule has 0 saturated carbocycles. The van der Waals surface area contributed by atoms with Crippen molar-refractivity contribution in [2.24, 2.45) is 5.41 Å². The Bertz CT molecular complexity index is 1300. The lowest BCUT2D eigenvalue weighted by Gasteiger charge is -2.38. The van der Waals surface area contributed by atoms with Gasteiger partial charge < -0.3 is 5.32 Å². The van der Waals surface area contributed by atoms with Crippen molar-refractivity contribution in [3.63, 3.8) is 0 Å². The topological polar surface area (TPSA) is 59.8 Å². The molecule has 2 heterocycles. The Kier molecular flexibility index (Phi) is 5.75. The zero-order valence-corrected chi connectivity index (χ0v) is 20.4. The van der Waals surface area contributed by atoms with E-state index in [2.05, 4.69) is 24.1 Å². The Morgan fingerprint density at radius 3 is 2.79 bits per heavy atom. The zero-order valence-electron chi connectivity index (χ0n) is 18.0. The van der Waals surface area contributed by atoms with Gasteiger partial charge in [-0.05, 0) is 41.7 Å². The highest BCUT2D eigenvalue weighted by Crippen LogP contribution is 2.47. The van der Waals surface area contributed by atoms with Crippen LogP contribution in [0, 0.1) is 11.2 Å². The fourth-order valence-electron chi connectivity index (χ4n) is 4.44. The highest BCUT2D eigenvalue weighted by molar-refractivity contribution is 7.98. The largest absolute Gasteiger partial charge is 0.328 e. The number of halogens is 3. The van der Waals surface area contributed by atoms with Crippen LogP contribution in [-0.2, 0) is 10.5 Å². The number of hydrogen-bond acceptors (Lipinski definition) is 5. The van der Waals surface area contributed by atoms with Gasteiger partial charge in [0.15, 0.2) is 5.78 Å². The summed E-state index contributed by atoms with van der Waals surface area (Å²) in [5.41, 5.74) is 2.95. The third-order valence-corrected chi connectivity index (χ3v) is 7.30. The number of aromatic nitrogens is 3. The van der Waals surface area contributed by atoms with Gasteiger partial charge in [-0.1, -0.05) is 67.0 Å². The summed E-state index contributed by atoms with van der Waals surface area (Å²) in [6.45, 7) is 4.17. The average Bonchev–Trinajstić information content (AvgIpc) is 3.13. The summed E-state index contributed by atoms with van der Waals surface area (Å²) in [7, 11) is 0. The predicted octanol–water partition coefficient (Wildman–Crippen LogP) is 6.67. The smallest absolute Gasteiger partial charge is 0.227 e. The maximum atomic E-state index is 13.5. The molecule has 9 heteroatoms. The number of anilines is 1. The van der Waals surface area contributed by atoms with Crippen molar-refractivity contribution in [2.75, 3.05) is 5.32 Å². The lowest BCUT2D eigenvalue weighted by atomic mass is 9.73. The number of nitrogens with zero attached hydrogens (tertiary/aromatic N) is 3. The first kappa shape index (κ1) is 22.4. The van der Waals surface area contributed by atoms with Crippen molar-refractivity contribution in [1.29, 1.82) is 0 Å². The zero-order chi connectivity index (χ0) is 23.3. The minimum absolute atomic E-state index is 0.0693. The van der Waals surface area contributed by atoms with E-state index in [-0.39, 0.29) is 17.0 Å². The monoisotopic (exact) mass is 502 g/mol. The van der Waals surface area contributed by atoms with Crippen LogP contribution in [0.2, 0.25) is 10.0 Å². The molecule has 5 nitrogen and oxygen atoms in total. The van der Waals surface area contributed by atoms with Crippen molar-refractivity contribution in [3.8, 4) is 0 Å². The van der Waals surface area contributed by atoms with Crippen LogP contribution in [0.3, 0.4) is 0 Å². The molecule has 170 valence electrons. The van der Waals surface area contributed by atoms with E-state index in [1.807, 2.05) is 12.1 Å². The lowest BCUT2D eigenvalue weighted by Crippen LogP contribution is -2.36. The van der Waals surface area contributed by atoms with Gasteiger partial charge in [-0.2, -0.15) is 4.98 Å². The van der Waals surface area contributed by atoms with E-state index in [0.29, 0.717) is 45.3 Å². The van der Waals surface area contributed by atoms with E-state index in [1.54, 1.807) is 22.9 Å². The summed E-state index contributed by atoms with van der Waals surface area (Å²) in [5.74, 6) is 0.867. The van der Waals surface area contributed by atoms with E-state index in [1.165, 1.54) is 23.9 Å². The molecule has 0 amide bonds. The van der Waals surface area contributed by atoms with Gasteiger partial charge in [0.1, 0.15) is 11.9 Å². The van der Waals surface area contributed by atoms with Gasteiger partial charge in [0.05, 0.1) is 0 Å². The summed E-state index contributed by atoms with van der Waals surface area (Å²) in [6, 6.07) is 11.2. The molecule has 0 saturated heterocycles. The van der Waals surface area contributed by atoms with E-state index < -0.39 is 6.04 Å². The highest BCUT2D eigenvalue weighted by Gasteiger charge is 2.42. The van der Waals surface area contributed by atoms with Gasteiger partial charge >= 0.3 is 0 Å². The summed E-state index contributed by atoms with van der Waals surface area (Å²) >= 11 is 14.1. The van der Waals surface area contributed by atoms with Crippen LogP contribution in [0.4, 0.5) is 10.3 Å². The summed E-state index contributed by atoms with van der Waals surface area (Å²) in [5, 5.41) is 9.57. The first-order chi connectivity index (χ1) is 15.7. The highest BCUT2D eigenvalue weighted by atomic mass is 35.5. The first-order valence-corrected chi connectivity index (χ1v) is 12.3. The summed E-state index contributed by atoms with van der Waals surface area (Å²) in [4.78, 5) is 18.0. The van der Waals surface area contributed by atoms with Crippen LogP contribution in [0.25, 0.3) is 0 Å². The Morgan fingerprint density at radius 2 is 2.03 bits per heavy atom. The average molecular weight is 503 g/mol. The molecule has 2 aliphatic rings. The van der Waals surface area contributed by atoms with Crippen molar-refractivity contribution in [2.45, 2.75) is 43.6 Å². The molecule has 2 aromatic carbocycles. The first-order valence-electron chi connectivity index (χ1n) is 10.5. The molecular weight excluding hydrogens is 482 g/mol. The molecule has 0 spiro atoms. The SMILES string of the molecule is CC1(C)CC(=O)C2=C(C1)Nc1nc(SCc3cccc(F)c3)nn1C2c1ccc(Cl)cc1Cl. The molecule has 1 aliphatic carbocycles. The second-order valence-electron chi connectivity index (χ2n) is 9.11. The van der Waals surface area contributed by atoms with Crippen molar-refractivity contribution >= 4 is 46.7 Å². The second kappa shape index (κ2) is 8.46. The van der Waals surface area contributed by atoms with E-state index in [0.717, 1.165) is 16.8 Å². The molecule has 1 unspecified atom stereocenters. The number of Topliss-reactive ketones (excluding diaryl/α,β-unsaturated/α-hetero) is 1. The van der Waals surface area contributed by atoms with Crippen molar-refractivity contribution in [3.05, 3.63) is 80.7 Å². The molecule has 0 bridgehead atoms. The fourth-order valence-corrected chi connectivity index (χ4v) is 5.72. The minimum Gasteiger partial charge on any atom is -0.328 e. The molecule has 1 aliphatic heterocycles. The third kappa shape index (κ3) is 4.42. The molecule has 1 atom stereocenters. The Morgan fingerprint density at radius 1 is 1.21 bits per heavy atom. The Hall–Kier alpha value is -2.35. The number of benzene rings is 2. The Balaban J connectivity index is 1.55. The van der Waals surface area contributed by atoms with Crippen LogP contribution in [0.15, 0.2) is 58.9 Å². The van der Waals surface area contributed by atoms with Crippen LogP contribution in [0.5, 0.6) is 0 Å².